The molecule has 9 rings (SSSR count). The normalized spacial score (nSPS) is 12.6. The van der Waals surface area contributed by atoms with Gasteiger partial charge in [0.1, 0.15) is 34.5 Å². The lowest BCUT2D eigenvalue weighted by atomic mass is 9.80. The lowest BCUT2D eigenvalue weighted by molar-refractivity contribution is 0.0975. The Balaban J connectivity index is 0.000000180. The van der Waals surface area contributed by atoms with Crippen LogP contribution in [0.2, 0.25) is 0 Å². The Morgan fingerprint density at radius 3 is 1.09 bits per heavy atom. The maximum atomic E-state index is 12.6. The number of hydrogen-bond acceptors (Lipinski definition) is 18. The van der Waals surface area contributed by atoms with E-state index in [1.165, 1.54) is 54.6 Å². The molecule has 0 bridgehead atoms. The molecule has 0 unspecified atom stereocenters. The average Bonchev–Trinajstić information content (AvgIpc) is 3.22. The predicted molar refractivity (Wildman–Crippen MR) is 249 cm³/mol. The van der Waals surface area contributed by atoms with Crippen molar-refractivity contribution in [3.8, 4) is 34.5 Å². The molecule has 334 valence electrons. The summed E-state index contributed by atoms with van der Waals surface area (Å²) in [5.41, 5.74) is 33.5. The number of benzene rings is 6. The second-order valence-corrected chi connectivity index (χ2v) is 15.9. The van der Waals surface area contributed by atoms with Crippen molar-refractivity contribution in [3.05, 3.63) is 136 Å². The molecule has 0 saturated heterocycles. The molecule has 0 radical (unpaired) electrons. The second-order valence-electron chi connectivity index (χ2n) is 14.2. The highest BCUT2D eigenvalue weighted by Crippen LogP contribution is 2.46. The lowest BCUT2D eigenvalue weighted by Crippen LogP contribution is -2.24. The summed E-state index contributed by atoms with van der Waals surface area (Å²) in [4.78, 5) is 75.4. The first-order valence-electron chi connectivity index (χ1n) is 17.9. The van der Waals surface area contributed by atoms with E-state index in [2.05, 4.69) is 31.9 Å². The van der Waals surface area contributed by atoms with Crippen molar-refractivity contribution in [1.82, 2.24) is 0 Å². The van der Waals surface area contributed by atoms with E-state index in [-0.39, 0.29) is 153 Å². The molecule has 3 aliphatic rings. The quantitative estimate of drug-likeness (QED) is 0.0592. The number of anilines is 6. The third-order valence-corrected chi connectivity index (χ3v) is 11.7. The van der Waals surface area contributed by atoms with Gasteiger partial charge in [0.15, 0.2) is 5.78 Å². The smallest absolute Gasteiger partial charge is 0.202 e. The van der Waals surface area contributed by atoms with Gasteiger partial charge >= 0.3 is 0 Å². The van der Waals surface area contributed by atoms with E-state index >= 15 is 0 Å². The molecule has 0 fully saturated rings. The van der Waals surface area contributed by atoms with Crippen LogP contribution < -0.4 is 34.4 Å². The lowest BCUT2D eigenvalue weighted by Gasteiger charge is -2.22. The summed E-state index contributed by atoms with van der Waals surface area (Å²) < 4.78 is 0.471. The van der Waals surface area contributed by atoms with Crippen LogP contribution in [0.5, 0.6) is 34.5 Å². The number of nitrogen functional groups attached to an aromatic ring is 6. The van der Waals surface area contributed by atoms with Crippen LogP contribution >= 0.6 is 31.9 Å². The SMILES string of the molecule is C.C.Cc1cc(N)c2c(c1O)C(=O)c1c(N)ccc(O)c1C2=O.Nc1ccc(O)c2c1C(=O)c1c(N)cc(Br)c(O)c1C2=O.Nc1ccc(O)c2c1C(=O)c1c(O)cc(Br)c(N)c1C2=O. The average molecular weight is 1010 g/mol. The van der Waals surface area contributed by atoms with Gasteiger partial charge in [0.05, 0.1) is 76.9 Å². The molecule has 0 heterocycles. The number of nitrogens with two attached hydrogens (primary N) is 6. The Morgan fingerprint density at radius 2 is 0.662 bits per heavy atom. The van der Waals surface area contributed by atoms with Gasteiger partial charge in [-0.05, 0) is 98.9 Å². The molecule has 3 aliphatic carbocycles. The summed E-state index contributed by atoms with van der Waals surface area (Å²) in [5, 5.41) is 59.8. The van der Waals surface area contributed by atoms with Crippen LogP contribution in [0, 0.1) is 6.92 Å². The monoisotopic (exact) mass is 1010 g/mol. The number of aryl methyl sites for hydroxylation is 1. The topological polar surface area (TPSA) is 380 Å². The molecule has 0 amide bonds. The minimum atomic E-state index is -0.699. The Labute approximate surface area is 385 Å². The molecule has 6 aromatic rings. The van der Waals surface area contributed by atoms with Crippen molar-refractivity contribution >= 4 is 101 Å². The van der Waals surface area contributed by atoms with Gasteiger partial charge in [0, 0.05) is 32.9 Å². The highest BCUT2D eigenvalue weighted by molar-refractivity contribution is 9.11. The third kappa shape index (κ3) is 7.13. The molecule has 0 aromatic heterocycles. The largest absolute Gasteiger partial charge is 0.507 e. The molecule has 20 heteroatoms. The fraction of sp³-hybridized carbons (Fsp3) is 0.0667. The van der Waals surface area contributed by atoms with Crippen LogP contribution in [0.15, 0.2) is 63.5 Å². The van der Waals surface area contributed by atoms with Crippen molar-refractivity contribution in [3.63, 3.8) is 0 Å². The number of halogens is 2. The van der Waals surface area contributed by atoms with Gasteiger partial charge in [-0.2, -0.15) is 0 Å². The van der Waals surface area contributed by atoms with Crippen molar-refractivity contribution in [2.24, 2.45) is 0 Å². The molecule has 18 N–H and O–H groups in total. The van der Waals surface area contributed by atoms with E-state index in [0.29, 0.717) is 5.56 Å². The zero-order valence-electron chi connectivity index (χ0n) is 32.0. The fourth-order valence-corrected chi connectivity index (χ4v) is 8.40. The van der Waals surface area contributed by atoms with Gasteiger partial charge in [-0.3, -0.25) is 28.8 Å². The standard InChI is InChI=1S/C15H12N2O4.2C14H9BrN2O4.2CH4/c1-5-4-7(17)10-12(13(5)19)15(21)9-6(16)2-3-8(18)11(9)14(10)20;15-4-3-6(17)9-11(12(4)19)14(21)10-7(18)2-1-5(16)8(10)13(9)20;15-4-3-7(19)10-11(12(4)17)14(21)9-6(18)2-1-5(16)8(9)13(10)20;;/h2-4,18-19H,16-17H2,1H3;2*1-3,18-19H,16-17H2;2*1H4. The number of ketones is 6. The number of aromatic hydroxyl groups is 6. The Bertz CT molecular complexity index is 2870. The Hall–Kier alpha value is -8.10. The van der Waals surface area contributed by atoms with Gasteiger partial charge in [0.25, 0.3) is 0 Å². The van der Waals surface area contributed by atoms with E-state index in [9.17, 15) is 59.4 Å². The first-order valence-corrected chi connectivity index (χ1v) is 19.5. The maximum Gasteiger partial charge on any atom is 0.202 e. The van der Waals surface area contributed by atoms with Crippen molar-refractivity contribution in [2.45, 2.75) is 21.8 Å². The van der Waals surface area contributed by atoms with E-state index in [0.717, 1.165) is 0 Å². The molecule has 65 heavy (non-hydrogen) atoms. The van der Waals surface area contributed by atoms with Gasteiger partial charge in [-0.25, -0.2) is 0 Å². The van der Waals surface area contributed by atoms with Crippen molar-refractivity contribution < 1.29 is 59.4 Å². The fourth-order valence-electron chi connectivity index (χ4n) is 7.54. The third-order valence-electron chi connectivity index (χ3n) is 10.5. The maximum absolute atomic E-state index is 12.6. The second kappa shape index (κ2) is 16.9. The summed E-state index contributed by atoms with van der Waals surface area (Å²) in [7, 11) is 0. The predicted octanol–water partition coefficient (Wildman–Crippen LogP) is 6.22. The number of fused-ring (bicyclic) bond motifs is 6. The number of phenols is 6. The van der Waals surface area contributed by atoms with Crippen LogP contribution in [-0.4, -0.2) is 65.3 Å². The zero-order chi connectivity index (χ0) is 46.4. The van der Waals surface area contributed by atoms with Crippen LogP contribution in [-0.2, 0) is 0 Å². The Kier molecular flexibility index (Phi) is 12.5. The highest BCUT2D eigenvalue weighted by Gasteiger charge is 2.40. The van der Waals surface area contributed by atoms with Crippen LogP contribution in [0.1, 0.15) is 116 Å². The minimum Gasteiger partial charge on any atom is -0.507 e. The number of rotatable bonds is 0. The van der Waals surface area contributed by atoms with Gasteiger partial charge in [-0.1, -0.05) is 14.9 Å². The number of carbonyl (C=O) groups excluding carboxylic acids is 6. The minimum absolute atomic E-state index is 0. The van der Waals surface area contributed by atoms with Gasteiger partial charge in [-0.15, -0.1) is 0 Å². The molecule has 6 aromatic carbocycles. The molecular weight excluding hydrogens is 976 g/mol. The Morgan fingerprint density at radius 1 is 0.354 bits per heavy atom. The first kappa shape index (κ1) is 47.9. The highest BCUT2D eigenvalue weighted by atomic mass is 79.9. The summed E-state index contributed by atoms with van der Waals surface area (Å²) >= 11 is 6.17. The van der Waals surface area contributed by atoms with Gasteiger partial charge < -0.3 is 65.0 Å². The van der Waals surface area contributed by atoms with Crippen molar-refractivity contribution in [2.75, 3.05) is 34.4 Å². The molecule has 0 aliphatic heterocycles. The van der Waals surface area contributed by atoms with Crippen molar-refractivity contribution in [1.29, 1.82) is 0 Å². The molecule has 0 saturated carbocycles. The number of carbonyl (C=O) groups is 6. The van der Waals surface area contributed by atoms with E-state index in [1.54, 1.807) is 6.92 Å². The summed E-state index contributed by atoms with van der Waals surface area (Å²) in [6.07, 6.45) is 0. The van der Waals surface area contributed by atoms with Crippen LogP contribution in [0.3, 0.4) is 0 Å². The molecular formula is C45H38Br2N6O12. The first-order chi connectivity index (χ1) is 29.5. The van der Waals surface area contributed by atoms with E-state index in [1.807, 2.05) is 0 Å². The zero-order valence-corrected chi connectivity index (χ0v) is 35.2. The molecule has 0 spiro atoms. The van der Waals surface area contributed by atoms with Crippen LogP contribution in [0.25, 0.3) is 0 Å². The van der Waals surface area contributed by atoms with E-state index < -0.39 is 40.4 Å². The summed E-state index contributed by atoms with van der Waals surface area (Å²) in [6, 6.07) is 11.7. The number of hydrogen-bond donors (Lipinski definition) is 12. The molecule has 0 atom stereocenters. The summed E-state index contributed by atoms with van der Waals surface area (Å²) in [5.74, 6) is -6.01. The van der Waals surface area contributed by atoms with E-state index in [4.69, 9.17) is 34.4 Å². The van der Waals surface area contributed by atoms with Gasteiger partial charge in [0.2, 0.25) is 28.9 Å². The summed E-state index contributed by atoms with van der Waals surface area (Å²) in [6.45, 7) is 1.57. The number of phenolic OH excluding ortho intramolecular Hbond substituents is 6. The molecule has 18 nitrogen and oxygen atoms in total. The van der Waals surface area contributed by atoms with Crippen LogP contribution in [0.4, 0.5) is 34.1 Å².